The zero-order valence-corrected chi connectivity index (χ0v) is 18.8. The van der Waals surface area contributed by atoms with E-state index in [9.17, 15) is 0 Å². The van der Waals surface area contributed by atoms with Crippen LogP contribution < -0.4 is 0 Å². The standard InChI is InChI=1S/C25H22Cl2Si/c1-15-12-16-6-4-5-7-19(16)24(15)28(2,3)25-22-13-17(26)8-10-20(22)21-11-9-18(27)14-23(21)25/h4-14,24-25H,1-3H3. The Morgan fingerprint density at radius 1 is 0.714 bits per heavy atom. The van der Waals surface area contributed by atoms with E-state index in [1.54, 1.807) is 0 Å². The molecule has 140 valence electrons. The number of rotatable bonds is 2. The summed E-state index contributed by atoms with van der Waals surface area (Å²) in [4.78, 5) is 0. The van der Waals surface area contributed by atoms with Crippen molar-refractivity contribution in [1.82, 2.24) is 0 Å². The number of hydrogen-bond donors (Lipinski definition) is 0. The lowest BCUT2D eigenvalue weighted by Gasteiger charge is -2.38. The van der Waals surface area contributed by atoms with Gasteiger partial charge in [0.2, 0.25) is 0 Å². The van der Waals surface area contributed by atoms with Crippen molar-refractivity contribution in [2.75, 3.05) is 0 Å². The molecular weight excluding hydrogens is 399 g/mol. The molecule has 5 rings (SSSR count). The van der Waals surface area contributed by atoms with Crippen LogP contribution in [0, 0.1) is 0 Å². The molecule has 0 saturated heterocycles. The van der Waals surface area contributed by atoms with Crippen molar-refractivity contribution in [2.45, 2.75) is 31.1 Å². The summed E-state index contributed by atoms with van der Waals surface area (Å²) in [6.45, 7) is 7.36. The Morgan fingerprint density at radius 3 is 1.89 bits per heavy atom. The molecule has 3 aromatic carbocycles. The van der Waals surface area contributed by atoms with Gasteiger partial charge in [0.1, 0.15) is 0 Å². The number of benzene rings is 3. The lowest BCUT2D eigenvalue weighted by molar-refractivity contribution is 0.986. The molecule has 0 N–H and O–H groups in total. The normalized spacial score (nSPS) is 17.9. The smallest absolute Gasteiger partial charge is 0.0726 e. The maximum atomic E-state index is 6.46. The molecule has 0 fully saturated rings. The molecule has 0 aromatic heterocycles. The van der Waals surface area contributed by atoms with E-state index in [1.165, 1.54) is 39.0 Å². The van der Waals surface area contributed by atoms with Gasteiger partial charge in [-0.3, -0.25) is 0 Å². The summed E-state index contributed by atoms with van der Waals surface area (Å²) in [5.74, 6) is 0. The summed E-state index contributed by atoms with van der Waals surface area (Å²) in [6.07, 6.45) is 2.38. The first-order valence-electron chi connectivity index (χ1n) is 9.74. The minimum Gasteiger partial charge on any atom is -0.0843 e. The van der Waals surface area contributed by atoms with Crippen LogP contribution in [0.4, 0.5) is 0 Å². The Morgan fingerprint density at radius 2 is 1.29 bits per heavy atom. The summed E-state index contributed by atoms with van der Waals surface area (Å²) in [5.41, 5.74) is 10.6. The van der Waals surface area contributed by atoms with Crippen LogP contribution in [0.3, 0.4) is 0 Å². The molecule has 0 amide bonds. The van der Waals surface area contributed by atoms with Crippen molar-refractivity contribution in [3.05, 3.63) is 98.5 Å². The average Bonchev–Trinajstić information content (AvgIpc) is 3.14. The Bertz CT molecular complexity index is 1090. The van der Waals surface area contributed by atoms with Crippen LogP contribution >= 0.6 is 23.2 Å². The van der Waals surface area contributed by atoms with Crippen molar-refractivity contribution in [1.29, 1.82) is 0 Å². The highest BCUT2D eigenvalue weighted by Gasteiger charge is 2.48. The van der Waals surface area contributed by atoms with Crippen molar-refractivity contribution in [3.8, 4) is 11.1 Å². The fourth-order valence-corrected chi connectivity index (χ4v) is 10.7. The van der Waals surface area contributed by atoms with Gasteiger partial charge in [-0.2, -0.15) is 0 Å². The van der Waals surface area contributed by atoms with Gasteiger partial charge in [0.25, 0.3) is 0 Å². The van der Waals surface area contributed by atoms with Gasteiger partial charge < -0.3 is 0 Å². The zero-order chi connectivity index (χ0) is 19.6. The molecule has 3 aromatic rings. The molecule has 1 atom stereocenters. The van der Waals surface area contributed by atoms with E-state index < -0.39 is 8.07 Å². The number of allylic oxidation sites excluding steroid dienone is 1. The van der Waals surface area contributed by atoms with Gasteiger partial charge in [-0.1, -0.05) is 84.3 Å². The first-order valence-corrected chi connectivity index (χ1v) is 13.7. The largest absolute Gasteiger partial charge is 0.0843 e. The Labute approximate surface area is 177 Å². The molecule has 28 heavy (non-hydrogen) atoms. The van der Waals surface area contributed by atoms with E-state index in [-0.39, 0.29) is 0 Å². The van der Waals surface area contributed by atoms with E-state index in [0.29, 0.717) is 11.1 Å². The highest BCUT2D eigenvalue weighted by Crippen LogP contribution is 2.55. The topological polar surface area (TPSA) is 0 Å². The van der Waals surface area contributed by atoms with Gasteiger partial charge in [0.05, 0.1) is 8.07 Å². The lowest BCUT2D eigenvalue weighted by Crippen LogP contribution is -2.42. The fourth-order valence-electron chi connectivity index (χ4n) is 5.64. The van der Waals surface area contributed by atoms with E-state index in [0.717, 1.165) is 10.0 Å². The van der Waals surface area contributed by atoms with E-state index in [1.807, 2.05) is 12.1 Å². The second kappa shape index (κ2) is 6.35. The van der Waals surface area contributed by atoms with Gasteiger partial charge in [-0.25, -0.2) is 0 Å². The van der Waals surface area contributed by atoms with Crippen molar-refractivity contribution in [2.24, 2.45) is 0 Å². The van der Waals surface area contributed by atoms with Crippen LogP contribution in [0.5, 0.6) is 0 Å². The highest BCUT2D eigenvalue weighted by molar-refractivity contribution is 6.82. The van der Waals surface area contributed by atoms with Gasteiger partial charge in [0, 0.05) is 21.1 Å². The molecule has 0 aliphatic heterocycles. The SMILES string of the molecule is CC1=Cc2ccccc2C1[Si](C)(C)C1c2cc(Cl)ccc2-c2ccc(Cl)cc21. The number of fused-ring (bicyclic) bond motifs is 4. The molecule has 1 unspecified atom stereocenters. The molecule has 2 aliphatic rings. The minimum atomic E-state index is -1.89. The predicted octanol–water partition coefficient (Wildman–Crippen LogP) is 8.09. The Hall–Kier alpha value is -1.80. The van der Waals surface area contributed by atoms with Crippen LogP contribution in [0.25, 0.3) is 17.2 Å². The monoisotopic (exact) mass is 420 g/mol. The fraction of sp³-hybridized carbons (Fsp3) is 0.200. The quantitative estimate of drug-likeness (QED) is 0.367. The third kappa shape index (κ3) is 2.57. The van der Waals surface area contributed by atoms with Crippen LogP contribution in [0.1, 0.15) is 40.3 Å². The summed E-state index contributed by atoms with van der Waals surface area (Å²) in [6, 6.07) is 21.6. The maximum absolute atomic E-state index is 6.46. The van der Waals surface area contributed by atoms with Crippen molar-refractivity contribution < 1.29 is 0 Å². The summed E-state index contributed by atoms with van der Waals surface area (Å²) < 4.78 is 0. The minimum absolute atomic E-state index is 0.370. The molecule has 0 heterocycles. The summed E-state index contributed by atoms with van der Waals surface area (Å²) >= 11 is 12.9. The van der Waals surface area contributed by atoms with Crippen LogP contribution in [0.2, 0.25) is 23.1 Å². The highest BCUT2D eigenvalue weighted by atomic mass is 35.5. The molecule has 3 heteroatoms. The summed E-state index contributed by atoms with van der Waals surface area (Å²) in [5, 5.41) is 1.62. The van der Waals surface area contributed by atoms with Gasteiger partial charge in [0.15, 0.2) is 0 Å². The first kappa shape index (κ1) is 18.2. The van der Waals surface area contributed by atoms with E-state index in [4.69, 9.17) is 23.2 Å². The second-order valence-electron chi connectivity index (χ2n) is 8.67. The molecule has 0 spiro atoms. The van der Waals surface area contributed by atoms with Gasteiger partial charge >= 0.3 is 0 Å². The lowest BCUT2D eigenvalue weighted by atomic mass is 10.1. The Kier molecular flexibility index (Phi) is 4.14. The third-order valence-electron chi connectivity index (χ3n) is 6.57. The van der Waals surface area contributed by atoms with Crippen molar-refractivity contribution >= 4 is 37.4 Å². The van der Waals surface area contributed by atoms with Crippen LogP contribution in [-0.2, 0) is 0 Å². The first-order chi connectivity index (χ1) is 13.4. The number of halogens is 2. The molecular formula is C25H22Cl2Si. The third-order valence-corrected chi connectivity index (χ3v) is 11.4. The van der Waals surface area contributed by atoms with E-state index >= 15 is 0 Å². The average molecular weight is 421 g/mol. The summed E-state index contributed by atoms with van der Waals surface area (Å²) in [7, 11) is -1.89. The molecule has 0 bridgehead atoms. The second-order valence-corrected chi connectivity index (χ2v) is 14.3. The molecule has 0 radical (unpaired) electrons. The van der Waals surface area contributed by atoms with Gasteiger partial charge in [-0.05, 0) is 64.6 Å². The van der Waals surface area contributed by atoms with E-state index in [2.05, 4.69) is 74.6 Å². The van der Waals surface area contributed by atoms with Gasteiger partial charge in [-0.15, -0.1) is 0 Å². The predicted molar refractivity (Wildman–Crippen MR) is 124 cm³/mol. The Balaban J connectivity index is 1.74. The molecule has 0 saturated carbocycles. The molecule has 0 nitrogen and oxygen atoms in total. The maximum Gasteiger partial charge on any atom is 0.0726 e. The number of hydrogen-bond acceptors (Lipinski definition) is 0. The van der Waals surface area contributed by atoms with Crippen LogP contribution in [-0.4, -0.2) is 8.07 Å². The van der Waals surface area contributed by atoms with Crippen molar-refractivity contribution in [3.63, 3.8) is 0 Å². The molecule has 2 aliphatic carbocycles. The zero-order valence-electron chi connectivity index (χ0n) is 16.3. The van der Waals surface area contributed by atoms with Crippen LogP contribution in [0.15, 0.2) is 66.2 Å².